The number of hydrogen-bond acceptors (Lipinski definition) is 4. The van der Waals surface area contributed by atoms with Gasteiger partial charge in [0.05, 0.1) is 19.0 Å². The van der Waals surface area contributed by atoms with Crippen LogP contribution in [-0.2, 0) is 0 Å². The van der Waals surface area contributed by atoms with Gasteiger partial charge in [0.15, 0.2) is 0 Å². The lowest BCUT2D eigenvalue weighted by Gasteiger charge is -2.02. The number of aryl methyl sites for hydroxylation is 1. The summed E-state index contributed by atoms with van der Waals surface area (Å²) in [6, 6.07) is 12.4. The molecule has 0 radical (unpaired) electrons. The van der Waals surface area contributed by atoms with Crippen molar-refractivity contribution in [3.63, 3.8) is 0 Å². The Balaban J connectivity index is 1.97. The molecule has 1 aromatic carbocycles. The summed E-state index contributed by atoms with van der Waals surface area (Å²) in [4.78, 5) is 16.1. The van der Waals surface area contributed by atoms with Gasteiger partial charge in [-0.15, -0.1) is 0 Å². The zero-order valence-electron chi connectivity index (χ0n) is 11.3. The fourth-order valence-electron chi connectivity index (χ4n) is 1.60. The number of amides is 1. The first-order valence-electron chi connectivity index (χ1n) is 6.10. The fourth-order valence-corrected chi connectivity index (χ4v) is 1.60. The predicted octanol–water partition coefficient (Wildman–Crippen LogP) is 2.16. The molecule has 5 nitrogen and oxygen atoms in total. The predicted molar refractivity (Wildman–Crippen MR) is 77.0 cm³/mol. The van der Waals surface area contributed by atoms with Crippen molar-refractivity contribution in [2.24, 2.45) is 5.10 Å². The first kappa shape index (κ1) is 13.7. The zero-order valence-corrected chi connectivity index (χ0v) is 11.3. The maximum Gasteiger partial charge on any atom is 0.271 e. The van der Waals surface area contributed by atoms with Crippen LogP contribution in [0.5, 0.6) is 5.75 Å². The number of hydrazone groups is 1. The minimum absolute atomic E-state index is 0.281. The number of nitrogens with zero attached hydrogens (tertiary/aromatic N) is 2. The van der Waals surface area contributed by atoms with Gasteiger partial charge in [0.25, 0.3) is 5.91 Å². The Kier molecular flexibility index (Phi) is 4.44. The highest BCUT2D eigenvalue weighted by atomic mass is 16.5. The van der Waals surface area contributed by atoms with E-state index in [2.05, 4.69) is 15.5 Å². The van der Waals surface area contributed by atoms with Crippen LogP contribution < -0.4 is 10.2 Å². The summed E-state index contributed by atoms with van der Waals surface area (Å²) in [7, 11) is 1.58. The molecular formula is C15H15N3O2. The largest absolute Gasteiger partial charge is 0.497 e. The van der Waals surface area contributed by atoms with Gasteiger partial charge < -0.3 is 4.74 Å². The molecule has 102 valence electrons. The van der Waals surface area contributed by atoms with E-state index in [1.807, 2.05) is 25.1 Å². The van der Waals surface area contributed by atoms with Crippen molar-refractivity contribution in [3.05, 3.63) is 59.4 Å². The molecule has 1 amide bonds. The number of rotatable bonds is 4. The number of pyridine rings is 1. The number of aromatic nitrogens is 1. The molecule has 2 rings (SSSR count). The van der Waals surface area contributed by atoms with Gasteiger partial charge in [0.1, 0.15) is 5.75 Å². The van der Waals surface area contributed by atoms with Crippen LogP contribution in [0.1, 0.15) is 21.7 Å². The van der Waals surface area contributed by atoms with E-state index in [-0.39, 0.29) is 5.91 Å². The molecular weight excluding hydrogens is 254 g/mol. The average molecular weight is 269 g/mol. The van der Waals surface area contributed by atoms with Gasteiger partial charge in [-0.05, 0) is 43.3 Å². The van der Waals surface area contributed by atoms with Crippen LogP contribution in [0, 0.1) is 6.92 Å². The third-order valence-corrected chi connectivity index (χ3v) is 2.62. The van der Waals surface area contributed by atoms with E-state index in [1.54, 1.807) is 31.4 Å². The van der Waals surface area contributed by atoms with E-state index in [0.717, 1.165) is 5.69 Å². The van der Waals surface area contributed by atoms with Gasteiger partial charge in [-0.2, -0.15) is 5.10 Å². The summed E-state index contributed by atoms with van der Waals surface area (Å²) in [5.41, 5.74) is 4.56. The van der Waals surface area contributed by atoms with Crippen LogP contribution in [0.4, 0.5) is 0 Å². The minimum Gasteiger partial charge on any atom is -0.497 e. The maximum atomic E-state index is 11.8. The summed E-state index contributed by atoms with van der Waals surface area (Å²) in [5.74, 6) is 0.422. The molecule has 0 saturated carbocycles. The van der Waals surface area contributed by atoms with Crippen LogP contribution in [0.15, 0.2) is 47.6 Å². The van der Waals surface area contributed by atoms with Gasteiger partial charge in [-0.1, -0.05) is 6.07 Å². The Labute approximate surface area is 117 Å². The third-order valence-electron chi connectivity index (χ3n) is 2.62. The van der Waals surface area contributed by atoms with E-state index in [1.165, 1.54) is 6.21 Å². The fraction of sp³-hybridized carbons (Fsp3) is 0.133. The lowest BCUT2D eigenvalue weighted by Crippen LogP contribution is -2.17. The van der Waals surface area contributed by atoms with Crippen molar-refractivity contribution in [1.82, 2.24) is 10.4 Å². The standard InChI is InChI=1S/C15H15N3O2/c1-11-4-3-5-13(17-11)10-16-18-15(19)12-6-8-14(20-2)9-7-12/h3-10H,1-2H3,(H,18,19)/b16-10-. The van der Waals surface area contributed by atoms with Gasteiger partial charge in [0, 0.05) is 11.3 Å². The number of carbonyl (C=O) groups excluding carboxylic acids is 1. The zero-order chi connectivity index (χ0) is 14.4. The number of carbonyl (C=O) groups is 1. The number of nitrogens with one attached hydrogen (secondary N) is 1. The number of methoxy groups -OCH3 is 1. The Morgan fingerprint density at radius 1 is 1.25 bits per heavy atom. The number of benzene rings is 1. The lowest BCUT2D eigenvalue weighted by atomic mass is 10.2. The first-order valence-corrected chi connectivity index (χ1v) is 6.10. The molecule has 0 spiro atoms. The van der Waals surface area contributed by atoms with Crippen molar-refractivity contribution in [1.29, 1.82) is 0 Å². The van der Waals surface area contributed by atoms with Crippen molar-refractivity contribution in [2.45, 2.75) is 6.92 Å². The number of hydrogen-bond donors (Lipinski definition) is 1. The highest BCUT2D eigenvalue weighted by Crippen LogP contribution is 2.10. The third kappa shape index (κ3) is 3.65. The van der Waals surface area contributed by atoms with E-state index in [4.69, 9.17) is 4.74 Å². The Hall–Kier alpha value is -2.69. The lowest BCUT2D eigenvalue weighted by molar-refractivity contribution is 0.0955. The molecule has 1 N–H and O–H groups in total. The maximum absolute atomic E-state index is 11.8. The topological polar surface area (TPSA) is 63.6 Å². The number of ether oxygens (including phenoxy) is 1. The molecule has 0 aliphatic carbocycles. The molecule has 0 fully saturated rings. The van der Waals surface area contributed by atoms with Crippen molar-refractivity contribution >= 4 is 12.1 Å². The molecule has 20 heavy (non-hydrogen) atoms. The molecule has 0 bridgehead atoms. The smallest absolute Gasteiger partial charge is 0.271 e. The monoisotopic (exact) mass is 269 g/mol. The normalized spacial score (nSPS) is 10.5. The second-order valence-electron chi connectivity index (χ2n) is 4.13. The van der Waals surface area contributed by atoms with E-state index in [0.29, 0.717) is 17.0 Å². The Morgan fingerprint density at radius 3 is 2.65 bits per heavy atom. The molecule has 0 aliphatic rings. The Bertz CT molecular complexity index is 621. The molecule has 5 heteroatoms. The highest BCUT2D eigenvalue weighted by Gasteiger charge is 2.03. The second-order valence-corrected chi connectivity index (χ2v) is 4.13. The summed E-state index contributed by atoms with van der Waals surface area (Å²) >= 11 is 0. The molecule has 1 aromatic heterocycles. The summed E-state index contributed by atoms with van der Waals surface area (Å²) in [5, 5.41) is 3.88. The van der Waals surface area contributed by atoms with Gasteiger partial charge >= 0.3 is 0 Å². The van der Waals surface area contributed by atoms with Crippen LogP contribution in [-0.4, -0.2) is 24.2 Å². The van der Waals surface area contributed by atoms with Crippen LogP contribution in [0.3, 0.4) is 0 Å². The molecule has 0 aliphatic heterocycles. The van der Waals surface area contributed by atoms with Crippen LogP contribution >= 0.6 is 0 Å². The Morgan fingerprint density at radius 2 is 2.00 bits per heavy atom. The van der Waals surface area contributed by atoms with E-state index in [9.17, 15) is 4.79 Å². The first-order chi connectivity index (χ1) is 9.69. The highest BCUT2D eigenvalue weighted by molar-refractivity contribution is 5.94. The van der Waals surface area contributed by atoms with Crippen LogP contribution in [0.2, 0.25) is 0 Å². The summed E-state index contributed by atoms with van der Waals surface area (Å²) in [6.07, 6.45) is 1.51. The molecule has 0 atom stereocenters. The van der Waals surface area contributed by atoms with E-state index >= 15 is 0 Å². The molecule has 2 aromatic rings. The van der Waals surface area contributed by atoms with Crippen molar-refractivity contribution in [2.75, 3.05) is 7.11 Å². The minimum atomic E-state index is -0.281. The molecule has 1 heterocycles. The van der Waals surface area contributed by atoms with Crippen molar-refractivity contribution < 1.29 is 9.53 Å². The van der Waals surface area contributed by atoms with Gasteiger partial charge in [0.2, 0.25) is 0 Å². The van der Waals surface area contributed by atoms with E-state index < -0.39 is 0 Å². The SMILES string of the molecule is COc1ccc(C(=O)N/N=C\c2cccc(C)n2)cc1. The van der Waals surface area contributed by atoms with Crippen molar-refractivity contribution in [3.8, 4) is 5.75 Å². The summed E-state index contributed by atoms with van der Waals surface area (Å²) in [6.45, 7) is 1.90. The molecule has 0 unspecified atom stereocenters. The molecule has 0 saturated heterocycles. The second kappa shape index (κ2) is 6.47. The quantitative estimate of drug-likeness (QED) is 0.683. The average Bonchev–Trinajstić information content (AvgIpc) is 2.47. The van der Waals surface area contributed by atoms with Crippen LogP contribution in [0.25, 0.3) is 0 Å². The van der Waals surface area contributed by atoms with Gasteiger partial charge in [-0.3, -0.25) is 9.78 Å². The van der Waals surface area contributed by atoms with Gasteiger partial charge in [-0.25, -0.2) is 5.43 Å². The summed E-state index contributed by atoms with van der Waals surface area (Å²) < 4.78 is 5.03.